The summed E-state index contributed by atoms with van der Waals surface area (Å²) in [7, 11) is 70.5. The molecule has 19 heteroatoms. The van der Waals surface area contributed by atoms with Crippen molar-refractivity contribution in [3.63, 3.8) is 0 Å². The van der Waals surface area contributed by atoms with Crippen molar-refractivity contribution in [3.8, 4) is 0 Å². The molecule has 0 bridgehead atoms. The van der Waals surface area contributed by atoms with Crippen molar-refractivity contribution in [1.82, 2.24) is 93.1 Å². The highest BCUT2D eigenvalue weighted by atomic mass is 15.2. The summed E-state index contributed by atoms with van der Waals surface area (Å²) in [5.41, 5.74) is 19.9. The minimum absolute atomic E-state index is 0. The highest BCUT2D eigenvalue weighted by molar-refractivity contribution is 5.41. The zero-order chi connectivity index (χ0) is 78.1. The van der Waals surface area contributed by atoms with Crippen molar-refractivity contribution in [1.29, 1.82) is 0 Å². The standard InChI is InChI=1S/C18H34N4.C16H29N3.C15H27N3.C13H22N2.C12H28N4.C9H23N3.2CH4/c1-19(2)11-15-9-16(12-20(3)4)18(14-22(7)8)17(10-15)13-21(5)6;1-13-8-14(10-17(2)3)16(12-19(6)7)15(9-13)11-18(4)5;1-16(2)10-13-7-14(11-17(3)4)9-15(8-13)12-18(5)6;1-11-6-12(9-14(2)3)8-13(7-11)10-15(4)5;1-13-5-7-14(2)9-11-16(4)12-10-15(3)8-6-13;1-10(2)6-8-12(5)9-7-11(3)4;;/h9-10H,11-14H2,1-8H3;8-9H,10-12H2,1-7H3;7-9H,10-12H2,1-6H3;6-8H,9-10H2,1-5H3;5-12H2,1-4H3;6-9H2,1-5H3;2*1H4. The van der Waals surface area contributed by atoms with E-state index in [0.29, 0.717) is 0 Å². The molecular weight excluding hydrogens is 1290 g/mol. The SMILES string of the molecule is C.C.CN(C)CCN(C)CCN(C)C.CN(C)Cc1cc(CN(C)C)c(CN(C)C)c(CN(C)C)c1.CN(C)Cc1cc(CN(C)C)cc(CN(C)C)c1.CN1CCN(C)CCN(C)CCN(C)CC1.Cc1cc(CN(C)C)c(CN(C)C)c(CN(C)C)c1.Cc1cc(CN(C)C)cc(CN(C)C)c1. The monoisotopic (exact) mass is 1460 g/mol. The molecule has 1 aliphatic heterocycles. The minimum Gasteiger partial charge on any atom is -0.308 e. The number of nitrogens with zero attached hydrogens (tertiary/aromatic N) is 19. The van der Waals surface area contributed by atoms with E-state index < -0.39 is 0 Å². The summed E-state index contributed by atoms with van der Waals surface area (Å²) in [6, 6.07) is 23.2. The predicted octanol–water partition coefficient (Wildman–Crippen LogP) is 9.14. The van der Waals surface area contributed by atoms with Gasteiger partial charge >= 0.3 is 0 Å². The van der Waals surface area contributed by atoms with E-state index in [1.807, 2.05) is 0 Å². The molecule has 0 aromatic heterocycles. The van der Waals surface area contributed by atoms with Crippen LogP contribution in [0, 0.1) is 13.8 Å². The summed E-state index contributed by atoms with van der Waals surface area (Å²) in [4.78, 5) is 43.3. The molecule has 4 aromatic rings. The molecule has 1 fully saturated rings. The van der Waals surface area contributed by atoms with Gasteiger partial charge in [-0.2, -0.15) is 0 Å². The minimum atomic E-state index is 0. The van der Waals surface area contributed by atoms with Crippen LogP contribution in [0.4, 0.5) is 0 Å². The number of rotatable bonds is 30. The van der Waals surface area contributed by atoms with Crippen molar-refractivity contribution in [3.05, 3.63) is 139 Å². The summed E-state index contributed by atoms with van der Waals surface area (Å²) in [6.07, 6.45) is 0. The molecule has 0 amide bonds. The summed E-state index contributed by atoms with van der Waals surface area (Å²) in [6.45, 7) is 30.4. The topological polar surface area (TPSA) is 61.6 Å². The van der Waals surface area contributed by atoms with E-state index in [2.05, 4.69) is 400 Å². The van der Waals surface area contributed by atoms with Gasteiger partial charge in [0.2, 0.25) is 0 Å². The van der Waals surface area contributed by atoms with Crippen LogP contribution in [0.5, 0.6) is 0 Å². The Morgan fingerprint density at radius 3 is 0.577 bits per heavy atom. The van der Waals surface area contributed by atoms with Gasteiger partial charge in [-0.1, -0.05) is 86.6 Å². The van der Waals surface area contributed by atoms with Gasteiger partial charge in [-0.15, -0.1) is 0 Å². The second kappa shape index (κ2) is 57.2. The van der Waals surface area contributed by atoms with E-state index in [0.717, 1.165) is 105 Å². The van der Waals surface area contributed by atoms with Gasteiger partial charge in [-0.05, 0) is 313 Å². The first-order chi connectivity index (χ1) is 47.4. The van der Waals surface area contributed by atoms with E-state index in [1.165, 1.54) is 130 Å². The van der Waals surface area contributed by atoms with Crippen LogP contribution < -0.4 is 0 Å². The van der Waals surface area contributed by atoms with Crippen LogP contribution in [0.3, 0.4) is 0 Å². The molecule has 0 radical (unpaired) electrons. The van der Waals surface area contributed by atoms with Gasteiger partial charge in [0.25, 0.3) is 0 Å². The maximum absolute atomic E-state index is 2.43. The molecule has 0 unspecified atom stereocenters. The van der Waals surface area contributed by atoms with Gasteiger partial charge in [0.1, 0.15) is 0 Å². The Kier molecular flexibility index (Phi) is 57.4. The molecule has 19 nitrogen and oxygen atoms in total. The molecule has 1 heterocycles. The first-order valence-electron chi connectivity index (χ1n) is 37.4. The first kappa shape index (κ1) is 104. The molecule has 0 spiro atoms. The summed E-state index contributed by atoms with van der Waals surface area (Å²) >= 11 is 0. The molecule has 0 aliphatic carbocycles. The maximum Gasteiger partial charge on any atom is 0.0234 e. The lowest BCUT2D eigenvalue weighted by molar-refractivity contribution is 0.181. The van der Waals surface area contributed by atoms with Gasteiger partial charge in [-0.3, -0.25) is 0 Å². The molecular formula is C85H171N19. The van der Waals surface area contributed by atoms with Crippen LogP contribution in [0.2, 0.25) is 0 Å². The van der Waals surface area contributed by atoms with Gasteiger partial charge in [0.05, 0.1) is 0 Å². The van der Waals surface area contributed by atoms with Crippen LogP contribution in [-0.2, 0) is 78.5 Å². The van der Waals surface area contributed by atoms with E-state index in [-0.39, 0.29) is 14.9 Å². The van der Waals surface area contributed by atoms with E-state index in [9.17, 15) is 0 Å². The molecule has 0 N–H and O–H groups in total. The Labute approximate surface area is 646 Å². The molecule has 0 saturated carbocycles. The van der Waals surface area contributed by atoms with Gasteiger partial charge in [0.15, 0.2) is 0 Å². The summed E-state index contributed by atoms with van der Waals surface area (Å²) in [5.74, 6) is 0. The lowest BCUT2D eigenvalue weighted by atomic mass is 9.96. The lowest BCUT2D eigenvalue weighted by Gasteiger charge is -2.28. The van der Waals surface area contributed by atoms with E-state index in [1.54, 1.807) is 0 Å². The van der Waals surface area contributed by atoms with E-state index in [4.69, 9.17) is 0 Å². The highest BCUT2D eigenvalue weighted by Crippen LogP contribution is 2.24. The molecule has 4 aromatic carbocycles. The average Bonchev–Trinajstić information content (AvgIpc) is 0.826. The predicted molar refractivity (Wildman–Crippen MR) is 462 cm³/mol. The maximum atomic E-state index is 2.43. The Hall–Kier alpha value is -3.88. The van der Waals surface area contributed by atoms with Crippen LogP contribution in [0.15, 0.2) is 60.7 Å². The van der Waals surface area contributed by atoms with Crippen molar-refractivity contribution in [2.24, 2.45) is 0 Å². The Balaban J connectivity index is -0.00000118. The number of benzene rings is 4. The fourth-order valence-corrected chi connectivity index (χ4v) is 12.0. The van der Waals surface area contributed by atoms with Crippen LogP contribution in [-0.4, -0.2) is 404 Å². The fourth-order valence-electron chi connectivity index (χ4n) is 12.0. The second-order valence-electron chi connectivity index (χ2n) is 33.4. The smallest absolute Gasteiger partial charge is 0.0234 e. The van der Waals surface area contributed by atoms with Gasteiger partial charge in [0, 0.05) is 157 Å². The Bertz CT molecular complexity index is 2540. The number of hydrogen-bond donors (Lipinski definition) is 0. The molecule has 5 rings (SSSR count). The number of likely N-dealkylation sites (N-methyl/N-ethyl adjacent to an activating group) is 7. The van der Waals surface area contributed by atoms with Crippen LogP contribution in [0.25, 0.3) is 0 Å². The van der Waals surface area contributed by atoms with Crippen LogP contribution >= 0.6 is 0 Å². The average molecular weight is 1460 g/mol. The Morgan fingerprint density at radius 1 is 0.212 bits per heavy atom. The molecule has 1 saturated heterocycles. The van der Waals surface area contributed by atoms with E-state index >= 15 is 0 Å². The molecule has 104 heavy (non-hydrogen) atoms. The quantitative estimate of drug-likeness (QED) is 0.0499. The lowest BCUT2D eigenvalue weighted by Crippen LogP contribution is -2.42. The van der Waals surface area contributed by atoms with Crippen molar-refractivity contribution in [2.75, 3.05) is 311 Å². The summed E-state index contributed by atoms with van der Waals surface area (Å²) in [5, 5.41) is 0. The molecule has 606 valence electrons. The zero-order valence-electron chi connectivity index (χ0n) is 73.2. The summed E-state index contributed by atoms with van der Waals surface area (Å²) < 4.78 is 0. The second-order valence-corrected chi connectivity index (χ2v) is 33.4. The third-order valence-corrected chi connectivity index (χ3v) is 16.6. The largest absolute Gasteiger partial charge is 0.308 e. The first-order valence-corrected chi connectivity index (χ1v) is 37.4. The third-order valence-electron chi connectivity index (χ3n) is 16.6. The number of aryl methyl sites for hydroxylation is 2. The normalized spacial score (nSPS) is 13.9. The van der Waals surface area contributed by atoms with Gasteiger partial charge < -0.3 is 93.1 Å². The van der Waals surface area contributed by atoms with Crippen molar-refractivity contribution < 1.29 is 0 Å². The Morgan fingerprint density at radius 2 is 0.385 bits per heavy atom. The number of hydrogen-bond acceptors (Lipinski definition) is 19. The zero-order valence-corrected chi connectivity index (χ0v) is 73.2. The van der Waals surface area contributed by atoms with Crippen molar-refractivity contribution >= 4 is 0 Å². The van der Waals surface area contributed by atoms with Crippen molar-refractivity contribution in [2.45, 2.75) is 107 Å². The highest BCUT2D eigenvalue weighted by Gasteiger charge is 2.17. The molecule has 1 aliphatic rings. The molecule has 0 atom stereocenters. The van der Waals surface area contributed by atoms with Gasteiger partial charge in [-0.25, -0.2) is 0 Å². The third kappa shape index (κ3) is 54.7. The fraction of sp³-hybridized carbons (Fsp3) is 0.718. The van der Waals surface area contributed by atoms with Crippen LogP contribution in [0.1, 0.15) is 92.7 Å².